The van der Waals surface area contributed by atoms with Gasteiger partial charge in [0.1, 0.15) is 5.52 Å². The minimum absolute atomic E-state index is 0.399. The quantitative estimate of drug-likeness (QED) is 0.292. The number of anilines is 1. The van der Waals surface area contributed by atoms with Crippen LogP contribution in [0.3, 0.4) is 0 Å². The summed E-state index contributed by atoms with van der Waals surface area (Å²) < 4.78 is -1.83. The lowest BCUT2D eigenvalue weighted by molar-refractivity contribution is -0.117. The van der Waals surface area contributed by atoms with Crippen LogP contribution < -0.4 is 10.2 Å². The lowest BCUT2D eigenvalue weighted by Gasteiger charge is -2.44. The molecule has 0 saturated carbocycles. The van der Waals surface area contributed by atoms with Crippen LogP contribution >= 0.6 is 47.0 Å². The molecule has 1 aliphatic rings. The Labute approximate surface area is 212 Å². The van der Waals surface area contributed by atoms with Crippen LogP contribution in [-0.4, -0.2) is 48.9 Å². The number of carbonyl (C=O) groups is 1. The van der Waals surface area contributed by atoms with Gasteiger partial charge in [-0.3, -0.25) is 9.78 Å². The number of pyridine rings is 2. The van der Waals surface area contributed by atoms with Gasteiger partial charge in [0.05, 0.1) is 0 Å². The summed E-state index contributed by atoms with van der Waals surface area (Å²) in [6.45, 7) is 1.14. The first-order valence-electron chi connectivity index (χ1n) is 10.2. The number of rotatable bonds is 5. The highest BCUT2D eigenvalue weighted by Crippen LogP contribution is 2.35. The van der Waals surface area contributed by atoms with Gasteiger partial charge in [0.2, 0.25) is 9.70 Å². The summed E-state index contributed by atoms with van der Waals surface area (Å²) in [5, 5.41) is 4.13. The Morgan fingerprint density at radius 2 is 1.85 bits per heavy atom. The second-order valence-corrected chi connectivity index (χ2v) is 10.1. The van der Waals surface area contributed by atoms with Gasteiger partial charge in [-0.15, -0.1) is 0 Å². The van der Waals surface area contributed by atoms with Crippen molar-refractivity contribution >= 4 is 80.8 Å². The Bertz CT molecular complexity index is 1180. The van der Waals surface area contributed by atoms with Crippen LogP contribution in [-0.2, 0) is 4.79 Å². The van der Waals surface area contributed by atoms with Gasteiger partial charge in [0, 0.05) is 36.9 Å². The molecule has 1 aliphatic heterocycles. The third-order valence-corrected chi connectivity index (χ3v) is 6.22. The van der Waals surface area contributed by atoms with E-state index in [1.54, 1.807) is 23.4 Å². The van der Waals surface area contributed by atoms with E-state index in [0.717, 1.165) is 22.9 Å². The molecule has 2 aromatic heterocycles. The molecule has 0 radical (unpaired) electrons. The molecule has 3 heterocycles. The molecule has 170 valence electrons. The zero-order valence-corrected chi connectivity index (χ0v) is 20.5. The zero-order valence-electron chi connectivity index (χ0n) is 17.4. The molecule has 1 unspecified atom stereocenters. The first-order valence-corrected chi connectivity index (χ1v) is 11.8. The fraction of sp³-hybridized carbons (Fsp3) is 0.217. The van der Waals surface area contributed by atoms with Gasteiger partial charge < -0.3 is 15.1 Å². The van der Waals surface area contributed by atoms with Crippen molar-refractivity contribution in [2.75, 3.05) is 18.0 Å². The number of nitrogens with one attached hydrogen (secondary N) is 1. The molecule has 33 heavy (non-hydrogen) atoms. The second kappa shape index (κ2) is 10.2. The number of aromatic nitrogens is 2. The number of benzene rings is 1. The molecule has 0 spiro atoms. The molecule has 0 bridgehead atoms. The normalized spacial score (nSPS) is 15.8. The summed E-state index contributed by atoms with van der Waals surface area (Å²) >= 11 is 24.6. The lowest BCUT2D eigenvalue weighted by Crippen LogP contribution is -2.62. The van der Waals surface area contributed by atoms with Gasteiger partial charge in [0.25, 0.3) is 0 Å². The number of fused-ring (bicyclic) bond motifs is 1. The molecule has 1 N–H and O–H groups in total. The Balaban J connectivity index is 1.58. The average molecular weight is 521 g/mol. The fourth-order valence-corrected chi connectivity index (χ4v) is 4.51. The number of nitrogens with zero attached hydrogens (tertiary/aromatic N) is 4. The van der Waals surface area contributed by atoms with E-state index in [1.165, 1.54) is 6.08 Å². The van der Waals surface area contributed by atoms with Crippen molar-refractivity contribution in [3.63, 3.8) is 0 Å². The van der Waals surface area contributed by atoms with E-state index < -0.39 is 15.9 Å². The SMILES string of the molecule is O=C(/C=C/c1ccccc1)NC(N1CCCN(c2nccc3cccnc23)C1=S)C(Cl)(Cl)Cl. The van der Waals surface area contributed by atoms with Crippen molar-refractivity contribution < 1.29 is 4.79 Å². The van der Waals surface area contributed by atoms with Crippen LogP contribution in [0.2, 0.25) is 0 Å². The molecule has 10 heteroatoms. The standard InChI is InChI=1S/C23H20Cl3N5OS/c24-23(25,26)21(29-18(32)10-9-16-6-2-1-3-7-16)31-15-5-14-30(22(31)33)20-19-17(11-13-28-20)8-4-12-27-19/h1-4,6-13,21H,5,14-15H2,(H,29,32)/b10-9+. The van der Waals surface area contributed by atoms with E-state index in [4.69, 9.17) is 47.0 Å². The van der Waals surface area contributed by atoms with Crippen LogP contribution in [0.1, 0.15) is 12.0 Å². The molecule has 4 rings (SSSR count). The van der Waals surface area contributed by atoms with E-state index in [0.29, 0.717) is 24.0 Å². The topological polar surface area (TPSA) is 61.4 Å². The summed E-state index contributed by atoms with van der Waals surface area (Å²) in [7, 11) is 0. The Morgan fingerprint density at radius 1 is 1.06 bits per heavy atom. The first-order chi connectivity index (χ1) is 15.8. The van der Waals surface area contributed by atoms with Gasteiger partial charge in [-0.1, -0.05) is 71.2 Å². The summed E-state index contributed by atoms with van der Waals surface area (Å²) in [4.78, 5) is 25.2. The largest absolute Gasteiger partial charge is 0.328 e. The van der Waals surface area contributed by atoms with Gasteiger partial charge >= 0.3 is 0 Å². The maximum atomic E-state index is 12.7. The summed E-state index contributed by atoms with van der Waals surface area (Å²) in [5.41, 5.74) is 1.61. The molecule has 1 amide bonds. The molecule has 1 saturated heterocycles. The van der Waals surface area contributed by atoms with Gasteiger partial charge in [-0.2, -0.15) is 0 Å². The van der Waals surface area contributed by atoms with Gasteiger partial charge in [-0.25, -0.2) is 4.98 Å². The number of halogens is 3. The Hall–Kier alpha value is -2.45. The monoisotopic (exact) mass is 519 g/mol. The predicted molar refractivity (Wildman–Crippen MR) is 139 cm³/mol. The van der Waals surface area contributed by atoms with E-state index in [9.17, 15) is 4.79 Å². The van der Waals surface area contributed by atoms with Crippen molar-refractivity contribution in [2.24, 2.45) is 0 Å². The summed E-state index contributed by atoms with van der Waals surface area (Å²) in [5.74, 6) is 0.223. The Morgan fingerprint density at radius 3 is 2.61 bits per heavy atom. The number of thiocarbonyl (C=S) groups is 1. The molecule has 3 aromatic rings. The second-order valence-electron chi connectivity index (χ2n) is 7.39. The van der Waals surface area contributed by atoms with Gasteiger partial charge in [0.15, 0.2) is 17.1 Å². The smallest absolute Gasteiger partial charge is 0.245 e. The van der Waals surface area contributed by atoms with Crippen molar-refractivity contribution in [1.82, 2.24) is 20.2 Å². The molecule has 1 aromatic carbocycles. The van der Waals surface area contributed by atoms with Crippen LogP contribution in [0.4, 0.5) is 5.82 Å². The molecular weight excluding hydrogens is 501 g/mol. The first kappa shape index (κ1) is 23.7. The third kappa shape index (κ3) is 5.55. The highest BCUT2D eigenvalue weighted by atomic mass is 35.6. The molecular formula is C23H20Cl3N5OS. The van der Waals surface area contributed by atoms with Gasteiger partial charge in [-0.05, 0) is 42.4 Å². The number of alkyl halides is 3. The number of carbonyl (C=O) groups excluding carboxylic acids is 1. The molecule has 6 nitrogen and oxygen atoms in total. The van der Waals surface area contributed by atoms with E-state index >= 15 is 0 Å². The minimum atomic E-state index is -1.83. The maximum Gasteiger partial charge on any atom is 0.245 e. The third-order valence-electron chi connectivity index (χ3n) is 5.14. The zero-order chi connectivity index (χ0) is 23.4. The lowest BCUT2D eigenvalue weighted by atomic mass is 10.2. The van der Waals surface area contributed by atoms with Crippen LogP contribution in [0.5, 0.6) is 0 Å². The van der Waals surface area contributed by atoms with Crippen molar-refractivity contribution in [3.05, 3.63) is 72.6 Å². The summed E-state index contributed by atoms with van der Waals surface area (Å²) in [6, 6.07) is 15.2. The fourth-order valence-electron chi connectivity index (χ4n) is 3.62. The molecule has 0 aliphatic carbocycles. The minimum Gasteiger partial charge on any atom is -0.328 e. The van der Waals surface area contributed by atoms with Crippen molar-refractivity contribution in [1.29, 1.82) is 0 Å². The number of hydrogen-bond acceptors (Lipinski definition) is 4. The van der Waals surface area contributed by atoms with E-state index in [2.05, 4.69) is 15.3 Å². The van der Waals surface area contributed by atoms with Crippen molar-refractivity contribution in [3.8, 4) is 0 Å². The highest BCUT2D eigenvalue weighted by molar-refractivity contribution is 7.80. The Kier molecular flexibility index (Phi) is 7.34. The van der Waals surface area contributed by atoms with Crippen LogP contribution in [0.25, 0.3) is 17.0 Å². The van der Waals surface area contributed by atoms with Crippen molar-refractivity contribution in [2.45, 2.75) is 16.4 Å². The van der Waals surface area contributed by atoms with E-state index in [-0.39, 0.29) is 0 Å². The number of amides is 1. The molecule has 1 fully saturated rings. The van der Waals surface area contributed by atoms with E-state index in [1.807, 2.05) is 53.4 Å². The highest BCUT2D eigenvalue weighted by Gasteiger charge is 2.42. The molecule has 1 atom stereocenters. The number of hydrogen-bond donors (Lipinski definition) is 1. The average Bonchev–Trinajstić information content (AvgIpc) is 2.81. The van der Waals surface area contributed by atoms with Crippen LogP contribution in [0, 0.1) is 0 Å². The summed E-state index contributed by atoms with van der Waals surface area (Å²) in [6.07, 6.45) is 6.26. The predicted octanol–water partition coefficient (Wildman–Crippen LogP) is 4.95. The van der Waals surface area contributed by atoms with Crippen LogP contribution in [0.15, 0.2) is 67.0 Å². The maximum absolute atomic E-state index is 12.7.